The molecule has 8 heteroatoms. The topological polar surface area (TPSA) is 71.4 Å². The molecule has 1 N–H and O–H groups in total. The third-order valence-corrected chi connectivity index (χ3v) is 5.47. The van der Waals surface area contributed by atoms with Gasteiger partial charge in [0.15, 0.2) is 0 Å². The van der Waals surface area contributed by atoms with E-state index in [0.29, 0.717) is 11.1 Å². The van der Waals surface area contributed by atoms with Crippen molar-refractivity contribution >= 4 is 50.8 Å². The average Bonchev–Trinajstić information content (AvgIpc) is 3.03. The number of carbonyl (C=O) groups is 3. The summed E-state index contributed by atoms with van der Waals surface area (Å²) >= 11 is 3.44. The summed E-state index contributed by atoms with van der Waals surface area (Å²) in [6.07, 6.45) is 3.24. The normalized spacial score (nSPS) is 15.9. The molecule has 4 rings (SSSR count). The van der Waals surface area contributed by atoms with Gasteiger partial charge in [-0.3, -0.25) is 19.8 Å². The summed E-state index contributed by atoms with van der Waals surface area (Å²) in [5.41, 5.74) is 1.83. The summed E-state index contributed by atoms with van der Waals surface area (Å²) in [7, 11) is 0. The number of hydrogen-bond donors (Lipinski definition) is 1. The number of hydrogen-bond acceptors (Lipinski definition) is 3. The van der Waals surface area contributed by atoms with Crippen molar-refractivity contribution in [3.05, 3.63) is 75.7 Å². The number of halogens is 2. The minimum atomic E-state index is -0.736. The van der Waals surface area contributed by atoms with Crippen LogP contribution in [0.5, 0.6) is 0 Å². The first-order valence-corrected chi connectivity index (χ1v) is 10.1. The fourth-order valence-electron chi connectivity index (χ4n) is 3.49. The number of amides is 4. The molecule has 152 valence electrons. The molecule has 3 aromatic rings. The van der Waals surface area contributed by atoms with Crippen LogP contribution in [0.15, 0.2) is 58.7 Å². The van der Waals surface area contributed by atoms with E-state index in [1.807, 2.05) is 22.8 Å². The van der Waals surface area contributed by atoms with E-state index in [0.717, 1.165) is 20.3 Å². The Kier molecular flexibility index (Phi) is 5.26. The number of urea groups is 1. The quantitative estimate of drug-likeness (QED) is 0.462. The number of fused-ring (bicyclic) bond motifs is 1. The SMILES string of the molecule is CCN1C(=O)NC(=O)/C(=C\c2cn(Cc3ccccc3F)c3ccc(Br)cc23)C1=O. The van der Waals surface area contributed by atoms with Gasteiger partial charge in [-0.05, 0) is 37.3 Å². The second kappa shape index (κ2) is 7.87. The van der Waals surface area contributed by atoms with E-state index in [2.05, 4.69) is 21.2 Å². The average molecular weight is 470 g/mol. The fourth-order valence-corrected chi connectivity index (χ4v) is 3.85. The Balaban J connectivity index is 1.83. The second-order valence-electron chi connectivity index (χ2n) is 6.83. The summed E-state index contributed by atoms with van der Waals surface area (Å²) in [6, 6.07) is 11.4. The number of likely N-dealkylation sites (N-methyl/N-ethyl adjacent to an activating group) is 1. The first kappa shape index (κ1) is 20.0. The zero-order valence-corrected chi connectivity index (χ0v) is 17.6. The highest BCUT2D eigenvalue weighted by molar-refractivity contribution is 9.10. The second-order valence-corrected chi connectivity index (χ2v) is 7.75. The maximum absolute atomic E-state index is 14.2. The van der Waals surface area contributed by atoms with Gasteiger partial charge in [-0.25, -0.2) is 9.18 Å². The molecule has 0 atom stereocenters. The largest absolute Gasteiger partial charge is 0.342 e. The van der Waals surface area contributed by atoms with Gasteiger partial charge < -0.3 is 4.57 Å². The Morgan fingerprint density at radius 2 is 1.90 bits per heavy atom. The van der Waals surface area contributed by atoms with Crippen molar-refractivity contribution in [3.8, 4) is 0 Å². The standard InChI is InChI=1S/C22H17BrFN3O3/c1-2-27-21(29)17(20(28)25-22(27)30)9-14-12-26(11-13-5-3-4-6-18(13)24)19-8-7-15(23)10-16(14)19/h3-10,12H,2,11H2,1H3,(H,25,28,30)/b17-9+. The van der Waals surface area contributed by atoms with Crippen LogP contribution in [0.25, 0.3) is 17.0 Å². The van der Waals surface area contributed by atoms with Crippen LogP contribution in [0.3, 0.4) is 0 Å². The van der Waals surface area contributed by atoms with Crippen LogP contribution in [-0.4, -0.2) is 33.9 Å². The molecule has 4 amide bonds. The van der Waals surface area contributed by atoms with E-state index in [1.54, 1.807) is 31.3 Å². The van der Waals surface area contributed by atoms with E-state index in [4.69, 9.17) is 0 Å². The molecule has 0 radical (unpaired) electrons. The van der Waals surface area contributed by atoms with Gasteiger partial charge in [0.05, 0.1) is 6.54 Å². The highest BCUT2D eigenvalue weighted by Crippen LogP contribution is 2.29. The molecule has 1 saturated heterocycles. The number of carbonyl (C=O) groups excluding carboxylic acids is 3. The van der Waals surface area contributed by atoms with Crippen molar-refractivity contribution in [2.75, 3.05) is 6.54 Å². The van der Waals surface area contributed by atoms with Crippen molar-refractivity contribution in [3.63, 3.8) is 0 Å². The van der Waals surface area contributed by atoms with Crippen LogP contribution in [-0.2, 0) is 16.1 Å². The molecule has 0 unspecified atom stereocenters. The van der Waals surface area contributed by atoms with Crippen LogP contribution in [0.4, 0.5) is 9.18 Å². The van der Waals surface area contributed by atoms with Crippen molar-refractivity contribution in [1.82, 2.24) is 14.8 Å². The maximum atomic E-state index is 14.2. The minimum Gasteiger partial charge on any atom is -0.342 e. The molecule has 2 heterocycles. The molecule has 0 spiro atoms. The molecule has 1 aliphatic rings. The van der Waals surface area contributed by atoms with Gasteiger partial charge >= 0.3 is 6.03 Å². The van der Waals surface area contributed by atoms with Gasteiger partial charge in [-0.15, -0.1) is 0 Å². The molecule has 0 aliphatic carbocycles. The Labute approximate surface area is 180 Å². The Morgan fingerprint density at radius 3 is 2.63 bits per heavy atom. The predicted octanol–water partition coefficient (Wildman–Crippen LogP) is 4.07. The molecule has 1 aromatic heterocycles. The summed E-state index contributed by atoms with van der Waals surface area (Å²) in [5, 5.41) is 2.97. The maximum Gasteiger partial charge on any atom is 0.331 e. The fraction of sp³-hybridized carbons (Fsp3) is 0.136. The van der Waals surface area contributed by atoms with Crippen LogP contribution < -0.4 is 5.32 Å². The van der Waals surface area contributed by atoms with Crippen LogP contribution in [0.2, 0.25) is 0 Å². The minimum absolute atomic E-state index is 0.124. The number of nitrogens with zero attached hydrogens (tertiary/aromatic N) is 2. The van der Waals surface area contributed by atoms with E-state index < -0.39 is 17.8 Å². The lowest BCUT2D eigenvalue weighted by Crippen LogP contribution is -2.53. The van der Waals surface area contributed by atoms with E-state index in [1.165, 1.54) is 12.1 Å². The van der Waals surface area contributed by atoms with E-state index in [-0.39, 0.29) is 24.5 Å². The lowest BCUT2D eigenvalue weighted by molar-refractivity contribution is -0.129. The predicted molar refractivity (Wildman–Crippen MR) is 114 cm³/mol. The molecular formula is C22H17BrFN3O3. The molecule has 6 nitrogen and oxygen atoms in total. The molecule has 2 aromatic carbocycles. The van der Waals surface area contributed by atoms with Crippen molar-refractivity contribution in [1.29, 1.82) is 0 Å². The Bertz CT molecular complexity index is 1230. The molecule has 0 bridgehead atoms. The van der Waals surface area contributed by atoms with Gasteiger partial charge in [0.1, 0.15) is 11.4 Å². The summed E-state index contributed by atoms with van der Waals surface area (Å²) < 4.78 is 16.9. The zero-order valence-electron chi connectivity index (χ0n) is 16.0. The number of barbiturate groups is 1. The molecule has 0 saturated carbocycles. The third kappa shape index (κ3) is 3.54. The highest BCUT2D eigenvalue weighted by atomic mass is 79.9. The molecular weight excluding hydrogens is 453 g/mol. The molecule has 30 heavy (non-hydrogen) atoms. The smallest absolute Gasteiger partial charge is 0.331 e. The van der Waals surface area contributed by atoms with Gasteiger partial charge in [0.2, 0.25) is 0 Å². The summed E-state index contributed by atoms with van der Waals surface area (Å²) in [6.45, 7) is 2.09. The zero-order chi connectivity index (χ0) is 21.4. The van der Waals surface area contributed by atoms with Crippen LogP contribution in [0.1, 0.15) is 18.1 Å². The summed E-state index contributed by atoms with van der Waals surface area (Å²) in [5.74, 6) is -1.69. The van der Waals surface area contributed by atoms with Crippen LogP contribution >= 0.6 is 15.9 Å². The van der Waals surface area contributed by atoms with Gasteiger partial charge in [0.25, 0.3) is 11.8 Å². The van der Waals surface area contributed by atoms with Crippen molar-refractivity contribution in [2.45, 2.75) is 13.5 Å². The van der Waals surface area contributed by atoms with Crippen molar-refractivity contribution < 1.29 is 18.8 Å². The Morgan fingerprint density at radius 1 is 1.13 bits per heavy atom. The van der Waals surface area contributed by atoms with Gasteiger partial charge in [0, 0.05) is 39.2 Å². The highest BCUT2D eigenvalue weighted by Gasteiger charge is 2.34. The number of rotatable bonds is 4. The van der Waals surface area contributed by atoms with Crippen molar-refractivity contribution in [2.24, 2.45) is 0 Å². The molecule has 1 fully saturated rings. The number of imide groups is 2. The van der Waals surface area contributed by atoms with Gasteiger partial charge in [-0.2, -0.15) is 0 Å². The number of nitrogens with one attached hydrogen (secondary N) is 1. The third-order valence-electron chi connectivity index (χ3n) is 4.97. The number of aromatic nitrogens is 1. The lowest BCUT2D eigenvalue weighted by atomic mass is 10.1. The van der Waals surface area contributed by atoms with E-state index in [9.17, 15) is 18.8 Å². The first-order valence-electron chi connectivity index (χ1n) is 9.29. The van der Waals surface area contributed by atoms with Gasteiger partial charge in [-0.1, -0.05) is 34.1 Å². The first-order chi connectivity index (χ1) is 14.4. The molecule has 1 aliphatic heterocycles. The summed E-state index contributed by atoms with van der Waals surface area (Å²) in [4.78, 5) is 37.8. The Hall–Kier alpha value is -3.26. The number of benzene rings is 2. The van der Waals surface area contributed by atoms with Crippen LogP contribution in [0, 0.1) is 5.82 Å². The lowest BCUT2D eigenvalue weighted by Gasteiger charge is -2.24. The van der Waals surface area contributed by atoms with E-state index >= 15 is 0 Å². The monoisotopic (exact) mass is 469 g/mol.